The molecule has 1 aromatic heterocycles. The maximum atomic E-state index is 13.4. The van der Waals surface area contributed by atoms with Crippen LogP contribution in [0.2, 0.25) is 0 Å². The third kappa shape index (κ3) is 5.65. The Labute approximate surface area is 205 Å². The smallest absolute Gasteiger partial charge is 0.265 e. The van der Waals surface area contributed by atoms with Crippen molar-refractivity contribution in [2.75, 3.05) is 39.8 Å². The molecule has 1 amide bonds. The quantitative estimate of drug-likeness (QED) is 0.533. The minimum atomic E-state index is -0.291. The number of aromatic nitrogens is 1. The van der Waals surface area contributed by atoms with Crippen molar-refractivity contribution < 1.29 is 18.4 Å². The first-order valence-corrected chi connectivity index (χ1v) is 12.6. The first kappa shape index (κ1) is 23.8. The van der Waals surface area contributed by atoms with Crippen molar-refractivity contribution in [3.8, 4) is 5.75 Å². The van der Waals surface area contributed by atoms with Gasteiger partial charge in [0.25, 0.3) is 5.91 Å². The number of hydrogen-bond donors (Lipinski definition) is 1. The minimum absolute atomic E-state index is 0.0704. The van der Waals surface area contributed by atoms with Crippen molar-refractivity contribution in [2.45, 2.75) is 38.0 Å². The van der Waals surface area contributed by atoms with Crippen molar-refractivity contribution in [1.29, 1.82) is 0 Å². The molecule has 2 fully saturated rings. The van der Waals surface area contributed by atoms with E-state index in [1.807, 2.05) is 5.01 Å². The highest BCUT2D eigenvalue weighted by atomic mass is 19.1. The Morgan fingerprint density at radius 3 is 2.54 bits per heavy atom. The lowest BCUT2D eigenvalue weighted by molar-refractivity contribution is 0.0684. The number of carbonyl (C=O) groups excluding carboxylic acids is 1. The summed E-state index contributed by atoms with van der Waals surface area (Å²) in [6.07, 6.45) is 5.49. The van der Waals surface area contributed by atoms with Crippen LogP contribution in [0.3, 0.4) is 0 Å². The van der Waals surface area contributed by atoms with Gasteiger partial charge in [-0.1, -0.05) is 5.16 Å². The van der Waals surface area contributed by atoms with E-state index in [1.54, 1.807) is 37.4 Å². The highest BCUT2D eigenvalue weighted by molar-refractivity contribution is 5.93. The van der Waals surface area contributed by atoms with E-state index in [9.17, 15) is 9.18 Å². The number of likely N-dealkylation sites (tertiary alicyclic amines) is 1. The summed E-state index contributed by atoms with van der Waals surface area (Å²) in [5.41, 5.74) is 5.19. The van der Waals surface area contributed by atoms with E-state index in [4.69, 9.17) is 9.26 Å². The molecule has 0 aliphatic carbocycles. The molecule has 1 N–H and O–H groups in total. The Morgan fingerprint density at radius 1 is 1.09 bits per heavy atom. The van der Waals surface area contributed by atoms with Gasteiger partial charge in [0.15, 0.2) is 5.58 Å². The second-order valence-electron chi connectivity index (χ2n) is 9.71. The molecule has 2 aliphatic rings. The molecule has 0 spiro atoms. The van der Waals surface area contributed by atoms with Crippen molar-refractivity contribution in [3.05, 3.63) is 59.5 Å². The summed E-state index contributed by atoms with van der Waals surface area (Å²) in [5.74, 6) is 1.45. The van der Waals surface area contributed by atoms with Gasteiger partial charge in [0.2, 0.25) is 0 Å². The van der Waals surface area contributed by atoms with Gasteiger partial charge in [-0.05, 0) is 94.1 Å². The fourth-order valence-corrected chi connectivity index (χ4v) is 5.30. The molecule has 0 bridgehead atoms. The molecular formula is C27H33FN4O3. The highest BCUT2D eigenvalue weighted by Crippen LogP contribution is 2.33. The molecule has 8 heteroatoms. The largest absolute Gasteiger partial charge is 0.497 e. The van der Waals surface area contributed by atoms with Crippen molar-refractivity contribution in [3.63, 3.8) is 0 Å². The molecular weight excluding hydrogens is 447 g/mol. The Balaban J connectivity index is 1.02. The number of halogens is 1. The molecule has 2 aliphatic heterocycles. The molecule has 0 atom stereocenters. The van der Waals surface area contributed by atoms with Crippen LogP contribution in [-0.2, 0) is 0 Å². The fourth-order valence-electron chi connectivity index (χ4n) is 5.30. The van der Waals surface area contributed by atoms with E-state index in [2.05, 4.69) is 15.5 Å². The van der Waals surface area contributed by atoms with Crippen LogP contribution in [0.15, 0.2) is 47.0 Å². The van der Waals surface area contributed by atoms with Crippen LogP contribution < -0.4 is 10.2 Å². The predicted octanol–water partition coefficient (Wildman–Crippen LogP) is 4.60. The SMILES string of the molecule is COc1ccc(C(=O)NN2CCC(CCN3CCC(c4noc5cc(F)ccc45)CC3)CC2)cc1. The maximum absolute atomic E-state index is 13.4. The van der Waals surface area contributed by atoms with E-state index in [-0.39, 0.29) is 11.7 Å². The van der Waals surface area contributed by atoms with Gasteiger partial charge in [0, 0.05) is 36.0 Å². The molecule has 2 aromatic carbocycles. The lowest BCUT2D eigenvalue weighted by Gasteiger charge is -2.35. The molecule has 5 rings (SSSR count). The number of nitrogens with zero attached hydrogens (tertiary/aromatic N) is 3. The number of carbonyl (C=O) groups is 1. The summed E-state index contributed by atoms with van der Waals surface area (Å²) in [6.45, 7) is 4.98. The van der Waals surface area contributed by atoms with Crippen LogP contribution in [-0.4, -0.2) is 60.8 Å². The Bertz CT molecular complexity index is 1130. The topological polar surface area (TPSA) is 70.8 Å². The average molecular weight is 481 g/mol. The number of piperidine rings is 2. The van der Waals surface area contributed by atoms with Crippen LogP contribution in [0.25, 0.3) is 11.0 Å². The van der Waals surface area contributed by atoms with E-state index >= 15 is 0 Å². The van der Waals surface area contributed by atoms with Crippen LogP contribution in [0.1, 0.15) is 54.1 Å². The monoisotopic (exact) mass is 480 g/mol. The number of ether oxygens (including phenoxy) is 1. The van der Waals surface area contributed by atoms with Gasteiger partial charge >= 0.3 is 0 Å². The number of fused-ring (bicyclic) bond motifs is 1. The number of rotatable bonds is 7. The second-order valence-corrected chi connectivity index (χ2v) is 9.71. The predicted molar refractivity (Wildman–Crippen MR) is 132 cm³/mol. The third-order valence-electron chi connectivity index (χ3n) is 7.52. The molecule has 0 radical (unpaired) electrons. The molecule has 3 heterocycles. The minimum Gasteiger partial charge on any atom is -0.497 e. The first-order valence-electron chi connectivity index (χ1n) is 12.6. The third-order valence-corrected chi connectivity index (χ3v) is 7.52. The molecule has 35 heavy (non-hydrogen) atoms. The van der Waals surface area contributed by atoms with E-state index < -0.39 is 0 Å². The number of hydrogen-bond acceptors (Lipinski definition) is 6. The lowest BCUT2D eigenvalue weighted by atomic mass is 9.90. The zero-order valence-electron chi connectivity index (χ0n) is 20.2. The number of methoxy groups -OCH3 is 1. The van der Waals surface area contributed by atoms with Crippen molar-refractivity contribution in [1.82, 2.24) is 20.5 Å². The number of benzene rings is 2. The van der Waals surface area contributed by atoms with Gasteiger partial charge in [0.1, 0.15) is 11.6 Å². The zero-order chi connectivity index (χ0) is 24.2. The Morgan fingerprint density at radius 2 is 1.83 bits per heavy atom. The zero-order valence-corrected chi connectivity index (χ0v) is 20.2. The van der Waals surface area contributed by atoms with E-state index in [0.717, 1.165) is 75.2 Å². The van der Waals surface area contributed by atoms with E-state index in [0.29, 0.717) is 23.0 Å². The Hall–Kier alpha value is -2.97. The van der Waals surface area contributed by atoms with Crippen molar-refractivity contribution in [2.24, 2.45) is 5.92 Å². The van der Waals surface area contributed by atoms with Gasteiger partial charge < -0.3 is 14.2 Å². The molecule has 0 saturated carbocycles. The van der Waals surface area contributed by atoms with Gasteiger partial charge in [0.05, 0.1) is 12.8 Å². The van der Waals surface area contributed by atoms with Gasteiger partial charge in [-0.25, -0.2) is 9.40 Å². The summed E-state index contributed by atoms with van der Waals surface area (Å²) in [7, 11) is 1.62. The van der Waals surface area contributed by atoms with Gasteiger partial charge in [-0.2, -0.15) is 0 Å². The fraction of sp³-hybridized carbons (Fsp3) is 0.481. The second kappa shape index (κ2) is 10.7. The van der Waals surface area contributed by atoms with Crippen LogP contribution >= 0.6 is 0 Å². The molecule has 0 unspecified atom stereocenters. The summed E-state index contributed by atoms with van der Waals surface area (Å²) >= 11 is 0. The highest BCUT2D eigenvalue weighted by Gasteiger charge is 2.26. The average Bonchev–Trinajstić information content (AvgIpc) is 3.31. The summed E-state index contributed by atoms with van der Waals surface area (Å²) in [5, 5.41) is 7.24. The molecule has 7 nitrogen and oxygen atoms in total. The summed E-state index contributed by atoms with van der Waals surface area (Å²) in [6, 6.07) is 11.9. The standard InChI is InChI=1S/C27H33FN4O3/c1-34-23-5-2-21(3-6-23)27(33)29-32-16-9-19(10-17-32)8-13-31-14-11-20(12-15-31)26-24-7-4-22(28)18-25(24)35-30-26/h2-7,18-20H,8-17H2,1H3,(H,29,33). The number of hydrazine groups is 1. The maximum Gasteiger partial charge on any atom is 0.265 e. The normalized spacial score (nSPS) is 18.7. The molecule has 2 saturated heterocycles. The van der Waals surface area contributed by atoms with E-state index in [1.165, 1.54) is 18.6 Å². The number of amides is 1. The summed E-state index contributed by atoms with van der Waals surface area (Å²) in [4.78, 5) is 15.0. The summed E-state index contributed by atoms with van der Waals surface area (Å²) < 4.78 is 23.9. The van der Waals surface area contributed by atoms with Crippen LogP contribution in [0, 0.1) is 11.7 Å². The molecule has 3 aromatic rings. The van der Waals surface area contributed by atoms with Crippen LogP contribution in [0.4, 0.5) is 4.39 Å². The first-order chi connectivity index (χ1) is 17.1. The molecule has 186 valence electrons. The van der Waals surface area contributed by atoms with Gasteiger partial charge in [-0.15, -0.1) is 0 Å². The van der Waals surface area contributed by atoms with Crippen LogP contribution in [0.5, 0.6) is 5.75 Å². The van der Waals surface area contributed by atoms with Crippen molar-refractivity contribution >= 4 is 16.9 Å². The lowest BCUT2D eigenvalue weighted by Crippen LogP contribution is -2.47. The Kier molecular flexibility index (Phi) is 7.29. The van der Waals surface area contributed by atoms with Gasteiger partial charge in [-0.3, -0.25) is 10.2 Å². The number of nitrogens with one attached hydrogen (secondary N) is 1.